The van der Waals surface area contributed by atoms with Crippen LogP contribution >= 0.6 is 0 Å². The van der Waals surface area contributed by atoms with E-state index in [1.807, 2.05) is 30.6 Å². The molecule has 1 aliphatic heterocycles. The molecule has 3 heterocycles. The lowest BCUT2D eigenvalue weighted by atomic mass is 9.90. The molecule has 0 aliphatic carbocycles. The Kier molecular flexibility index (Phi) is 4.06. The molecule has 1 fully saturated rings. The number of fused-ring (bicyclic) bond motifs is 1. The smallest absolute Gasteiger partial charge is 0.354 e. The van der Waals surface area contributed by atoms with Gasteiger partial charge in [-0.05, 0) is 54.7 Å². The van der Waals surface area contributed by atoms with Crippen molar-refractivity contribution >= 4 is 22.6 Å². The number of carbonyl (C=O) groups is 1. The predicted octanol–water partition coefficient (Wildman–Crippen LogP) is 3.71. The lowest BCUT2D eigenvalue weighted by Crippen LogP contribution is -2.32. The van der Waals surface area contributed by atoms with E-state index in [1.165, 1.54) is 5.56 Å². The van der Waals surface area contributed by atoms with E-state index in [9.17, 15) is 4.79 Å². The van der Waals surface area contributed by atoms with Crippen LogP contribution in [0.15, 0.2) is 54.9 Å². The Balaban J connectivity index is 1.53. The minimum atomic E-state index is -0.995. The van der Waals surface area contributed by atoms with E-state index in [-0.39, 0.29) is 5.69 Å². The lowest BCUT2D eigenvalue weighted by molar-refractivity contribution is 0.0691. The molecular formula is C20H19N3O2. The maximum atomic E-state index is 11.1. The Labute approximate surface area is 146 Å². The SMILES string of the molecule is O=C(O)c1ccc2ccc(N3CCC(c4ccncc4)CC3)cc2n1. The zero-order valence-electron chi connectivity index (χ0n) is 13.8. The van der Waals surface area contributed by atoms with Crippen LogP contribution in [0.1, 0.15) is 34.8 Å². The predicted molar refractivity (Wildman–Crippen MR) is 97.1 cm³/mol. The molecule has 1 aromatic carbocycles. The van der Waals surface area contributed by atoms with Gasteiger partial charge in [-0.2, -0.15) is 0 Å². The van der Waals surface area contributed by atoms with Gasteiger partial charge in [-0.3, -0.25) is 4.98 Å². The van der Waals surface area contributed by atoms with Gasteiger partial charge in [-0.25, -0.2) is 9.78 Å². The number of aromatic nitrogens is 2. The fraction of sp³-hybridized carbons (Fsp3) is 0.250. The number of nitrogens with zero attached hydrogens (tertiary/aromatic N) is 3. The van der Waals surface area contributed by atoms with Gasteiger partial charge in [0, 0.05) is 36.6 Å². The summed E-state index contributed by atoms with van der Waals surface area (Å²) in [6, 6.07) is 13.7. The fourth-order valence-electron chi connectivity index (χ4n) is 3.53. The van der Waals surface area contributed by atoms with Crippen LogP contribution in [0.2, 0.25) is 0 Å². The highest BCUT2D eigenvalue weighted by Crippen LogP contribution is 2.31. The van der Waals surface area contributed by atoms with Gasteiger partial charge in [0.25, 0.3) is 0 Å². The van der Waals surface area contributed by atoms with Gasteiger partial charge in [0.05, 0.1) is 5.52 Å². The summed E-state index contributed by atoms with van der Waals surface area (Å²) in [5, 5.41) is 10.1. The molecule has 3 aromatic rings. The van der Waals surface area contributed by atoms with Crippen molar-refractivity contribution in [3.8, 4) is 0 Å². The van der Waals surface area contributed by atoms with E-state index in [4.69, 9.17) is 5.11 Å². The molecule has 0 radical (unpaired) electrons. The van der Waals surface area contributed by atoms with Crippen LogP contribution in [0.3, 0.4) is 0 Å². The first-order valence-electron chi connectivity index (χ1n) is 8.50. The van der Waals surface area contributed by atoms with Crippen molar-refractivity contribution < 1.29 is 9.90 Å². The number of anilines is 1. The number of carboxylic acid groups (broad SMARTS) is 1. The number of hydrogen-bond donors (Lipinski definition) is 1. The second kappa shape index (κ2) is 6.51. The van der Waals surface area contributed by atoms with E-state index in [2.05, 4.69) is 33.1 Å². The van der Waals surface area contributed by atoms with Crippen LogP contribution in [0.4, 0.5) is 5.69 Å². The molecule has 5 heteroatoms. The molecule has 25 heavy (non-hydrogen) atoms. The van der Waals surface area contributed by atoms with E-state index in [0.717, 1.165) is 42.5 Å². The molecule has 0 atom stereocenters. The van der Waals surface area contributed by atoms with Gasteiger partial charge in [0.15, 0.2) is 0 Å². The van der Waals surface area contributed by atoms with Gasteiger partial charge in [-0.1, -0.05) is 12.1 Å². The Morgan fingerprint density at radius 3 is 2.48 bits per heavy atom. The third-order valence-electron chi connectivity index (χ3n) is 4.93. The van der Waals surface area contributed by atoms with Gasteiger partial charge >= 0.3 is 5.97 Å². The molecule has 126 valence electrons. The summed E-state index contributed by atoms with van der Waals surface area (Å²) in [4.78, 5) is 21.8. The number of benzene rings is 1. The Bertz CT molecular complexity index is 903. The topological polar surface area (TPSA) is 66.3 Å². The summed E-state index contributed by atoms with van der Waals surface area (Å²) in [6.45, 7) is 1.97. The lowest BCUT2D eigenvalue weighted by Gasteiger charge is -2.34. The maximum Gasteiger partial charge on any atom is 0.354 e. The highest BCUT2D eigenvalue weighted by Gasteiger charge is 2.21. The summed E-state index contributed by atoms with van der Waals surface area (Å²) in [5.74, 6) is -0.415. The quantitative estimate of drug-likeness (QED) is 0.791. The van der Waals surface area contributed by atoms with Crippen molar-refractivity contribution in [3.63, 3.8) is 0 Å². The number of aromatic carboxylic acids is 1. The minimum Gasteiger partial charge on any atom is -0.477 e. The van der Waals surface area contributed by atoms with Crippen LogP contribution in [-0.2, 0) is 0 Å². The van der Waals surface area contributed by atoms with E-state index >= 15 is 0 Å². The normalized spacial score (nSPS) is 15.4. The summed E-state index contributed by atoms with van der Waals surface area (Å²) in [7, 11) is 0. The van der Waals surface area contributed by atoms with Crippen molar-refractivity contribution in [1.82, 2.24) is 9.97 Å². The number of pyridine rings is 2. The number of rotatable bonds is 3. The molecule has 1 aliphatic rings. The molecule has 0 bridgehead atoms. The van der Waals surface area contributed by atoms with E-state index < -0.39 is 5.97 Å². The van der Waals surface area contributed by atoms with Crippen molar-refractivity contribution in [2.75, 3.05) is 18.0 Å². The van der Waals surface area contributed by atoms with Crippen molar-refractivity contribution in [2.24, 2.45) is 0 Å². The molecule has 0 amide bonds. The Morgan fingerprint density at radius 1 is 1.04 bits per heavy atom. The second-order valence-electron chi connectivity index (χ2n) is 6.42. The number of carboxylic acids is 1. The summed E-state index contributed by atoms with van der Waals surface area (Å²) in [5.41, 5.74) is 3.28. The zero-order valence-corrected chi connectivity index (χ0v) is 13.8. The molecule has 0 saturated carbocycles. The largest absolute Gasteiger partial charge is 0.477 e. The monoisotopic (exact) mass is 333 g/mol. The second-order valence-corrected chi connectivity index (χ2v) is 6.42. The molecule has 0 unspecified atom stereocenters. The van der Waals surface area contributed by atoms with Gasteiger partial charge in [-0.15, -0.1) is 0 Å². The number of piperidine rings is 1. The van der Waals surface area contributed by atoms with Crippen LogP contribution in [-0.4, -0.2) is 34.1 Å². The van der Waals surface area contributed by atoms with E-state index in [1.54, 1.807) is 6.07 Å². The molecule has 4 rings (SSSR count). The third-order valence-corrected chi connectivity index (χ3v) is 4.93. The Morgan fingerprint density at radius 2 is 1.76 bits per heavy atom. The first-order valence-corrected chi connectivity index (χ1v) is 8.50. The van der Waals surface area contributed by atoms with Crippen LogP contribution < -0.4 is 4.90 Å². The van der Waals surface area contributed by atoms with Crippen molar-refractivity contribution in [2.45, 2.75) is 18.8 Å². The average Bonchev–Trinajstić information content (AvgIpc) is 2.68. The van der Waals surface area contributed by atoms with Crippen molar-refractivity contribution in [3.05, 3.63) is 66.1 Å². The zero-order chi connectivity index (χ0) is 17.2. The number of hydrogen-bond acceptors (Lipinski definition) is 4. The summed E-state index contributed by atoms with van der Waals surface area (Å²) >= 11 is 0. The van der Waals surface area contributed by atoms with Gasteiger partial charge in [0.1, 0.15) is 5.69 Å². The van der Waals surface area contributed by atoms with Crippen LogP contribution in [0.5, 0.6) is 0 Å². The minimum absolute atomic E-state index is 0.0843. The molecule has 0 spiro atoms. The van der Waals surface area contributed by atoms with Crippen LogP contribution in [0, 0.1) is 0 Å². The first-order chi connectivity index (χ1) is 12.2. The molecule has 1 N–H and O–H groups in total. The summed E-state index contributed by atoms with van der Waals surface area (Å²) < 4.78 is 0. The molecular weight excluding hydrogens is 314 g/mol. The molecule has 1 saturated heterocycles. The fourth-order valence-corrected chi connectivity index (χ4v) is 3.53. The molecule has 2 aromatic heterocycles. The van der Waals surface area contributed by atoms with Crippen LogP contribution in [0.25, 0.3) is 10.9 Å². The van der Waals surface area contributed by atoms with Gasteiger partial charge < -0.3 is 10.0 Å². The Hall–Kier alpha value is -2.95. The third kappa shape index (κ3) is 3.18. The first kappa shape index (κ1) is 15.6. The standard InChI is InChI=1S/C20H19N3O2/c24-20(25)18-4-2-16-1-3-17(13-19(16)22-18)23-11-7-15(8-12-23)14-5-9-21-10-6-14/h1-6,9-10,13,15H,7-8,11-12H2,(H,24,25). The molecule has 5 nitrogen and oxygen atoms in total. The van der Waals surface area contributed by atoms with Crippen molar-refractivity contribution in [1.29, 1.82) is 0 Å². The summed E-state index contributed by atoms with van der Waals surface area (Å²) in [6.07, 6.45) is 5.92. The average molecular weight is 333 g/mol. The van der Waals surface area contributed by atoms with Gasteiger partial charge in [0.2, 0.25) is 0 Å². The maximum absolute atomic E-state index is 11.1. The van der Waals surface area contributed by atoms with E-state index in [0.29, 0.717) is 5.92 Å². The highest BCUT2D eigenvalue weighted by molar-refractivity contribution is 5.90. The highest BCUT2D eigenvalue weighted by atomic mass is 16.4.